The van der Waals surface area contributed by atoms with Crippen LogP contribution in [0.2, 0.25) is 0 Å². The second kappa shape index (κ2) is 7.28. The molecule has 2 aromatic rings. The number of fused-ring (bicyclic) bond motifs is 1. The number of aromatic nitrogens is 2. The number of carbonyl (C=O) groups excluding carboxylic acids is 2. The Bertz CT molecular complexity index is 918. The lowest BCUT2D eigenvalue weighted by Crippen LogP contribution is -2.49. The highest BCUT2D eigenvalue weighted by atomic mass is 32.2. The molecule has 0 bridgehead atoms. The number of urea groups is 1. The summed E-state index contributed by atoms with van der Waals surface area (Å²) in [4.78, 5) is 43.6. The smallest absolute Gasteiger partial charge is 0.337 e. The van der Waals surface area contributed by atoms with Crippen molar-refractivity contribution in [2.75, 3.05) is 12.4 Å². The molecule has 1 atom stereocenters. The highest BCUT2D eigenvalue weighted by molar-refractivity contribution is 7.99. The zero-order valence-corrected chi connectivity index (χ0v) is 15.2. The second-order valence-electron chi connectivity index (χ2n) is 5.23. The van der Waals surface area contributed by atoms with Gasteiger partial charge in [0.05, 0.1) is 23.6 Å². The lowest BCUT2D eigenvalue weighted by Gasteiger charge is -2.26. The maximum atomic E-state index is 12.2. The van der Waals surface area contributed by atoms with Crippen LogP contribution in [0.1, 0.15) is 13.8 Å². The molecule has 3 heterocycles. The number of nitrogens with one attached hydrogen (secondary N) is 3. The Morgan fingerprint density at radius 2 is 2.24 bits per heavy atom. The summed E-state index contributed by atoms with van der Waals surface area (Å²) in [5, 5.41) is 8.06. The van der Waals surface area contributed by atoms with E-state index in [0.29, 0.717) is 26.6 Å². The van der Waals surface area contributed by atoms with Gasteiger partial charge in [0.15, 0.2) is 5.16 Å². The van der Waals surface area contributed by atoms with E-state index in [1.807, 2.05) is 0 Å². The zero-order valence-electron chi connectivity index (χ0n) is 13.5. The number of nitrogens with zero attached hydrogens (tertiary/aromatic N) is 1. The summed E-state index contributed by atoms with van der Waals surface area (Å²) in [7, 11) is 0. The lowest BCUT2D eigenvalue weighted by atomic mass is 10.1. The predicted molar refractivity (Wildman–Crippen MR) is 95.8 cm³/mol. The Kier molecular flexibility index (Phi) is 5.09. The van der Waals surface area contributed by atoms with E-state index >= 15 is 0 Å². The van der Waals surface area contributed by atoms with Crippen LogP contribution in [0, 0.1) is 0 Å². The van der Waals surface area contributed by atoms with Gasteiger partial charge in [-0.2, -0.15) is 0 Å². The minimum Gasteiger partial charge on any atom is -0.463 e. The summed E-state index contributed by atoms with van der Waals surface area (Å²) >= 11 is 2.61. The third-order valence-electron chi connectivity index (χ3n) is 3.53. The van der Waals surface area contributed by atoms with Gasteiger partial charge < -0.3 is 20.4 Å². The fraction of sp³-hybridized carbons (Fsp3) is 0.333. The maximum absolute atomic E-state index is 12.2. The number of ether oxygens (including phenoxy) is 1. The van der Waals surface area contributed by atoms with Crippen molar-refractivity contribution in [3.05, 3.63) is 33.1 Å². The van der Waals surface area contributed by atoms with Crippen molar-refractivity contribution in [3.8, 4) is 0 Å². The van der Waals surface area contributed by atoms with Crippen LogP contribution in [-0.4, -0.2) is 40.4 Å². The predicted octanol–water partition coefficient (Wildman–Crippen LogP) is 1.60. The normalized spacial score (nSPS) is 17.4. The van der Waals surface area contributed by atoms with E-state index in [9.17, 15) is 14.4 Å². The van der Waals surface area contributed by atoms with E-state index in [2.05, 4.69) is 20.6 Å². The fourth-order valence-electron chi connectivity index (χ4n) is 2.45. The van der Waals surface area contributed by atoms with Gasteiger partial charge in [-0.1, -0.05) is 11.8 Å². The number of thioether (sulfide) groups is 1. The van der Waals surface area contributed by atoms with E-state index in [1.54, 1.807) is 25.3 Å². The Labute approximate surface area is 151 Å². The van der Waals surface area contributed by atoms with Crippen LogP contribution >= 0.6 is 23.1 Å². The third-order valence-corrected chi connectivity index (χ3v) is 5.24. The standard InChI is InChI=1S/C15H16N4O4S2/c1-3-23-13(21)10-7(2)16-14(22)17-9(10)6-25-15-18-11(20)8-4-5-24-12(8)19-15/h4-5,7H,3,6H2,1-2H3,(H2,16,17,22)(H,18,19,20)/t7-/m1/s1. The molecule has 0 fully saturated rings. The molecule has 1 aliphatic heterocycles. The molecule has 0 spiro atoms. The van der Waals surface area contributed by atoms with E-state index in [-0.39, 0.29) is 24.0 Å². The molecule has 3 rings (SSSR count). The molecule has 8 nitrogen and oxygen atoms in total. The van der Waals surface area contributed by atoms with Crippen molar-refractivity contribution in [1.82, 2.24) is 20.6 Å². The average molecular weight is 380 g/mol. The first-order chi connectivity index (χ1) is 12.0. The number of aromatic amines is 1. The topological polar surface area (TPSA) is 113 Å². The quantitative estimate of drug-likeness (QED) is 0.412. The Hall–Kier alpha value is -2.33. The van der Waals surface area contributed by atoms with Crippen LogP contribution in [0.3, 0.4) is 0 Å². The largest absolute Gasteiger partial charge is 0.463 e. The monoisotopic (exact) mass is 380 g/mol. The van der Waals surface area contributed by atoms with E-state index in [0.717, 1.165) is 0 Å². The zero-order chi connectivity index (χ0) is 18.0. The van der Waals surface area contributed by atoms with Crippen LogP contribution in [0.15, 0.2) is 32.7 Å². The van der Waals surface area contributed by atoms with E-state index in [4.69, 9.17) is 4.74 Å². The highest BCUT2D eigenvalue weighted by Crippen LogP contribution is 2.23. The van der Waals surface area contributed by atoms with Gasteiger partial charge in [-0.05, 0) is 25.3 Å². The minimum absolute atomic E-state index is 0.212. The summed E-state index contributed by atoms with van der Waals surface area (Å²) in [5.41, 5.74) is 0.609. The van der Waals surface area contributed by atoms with Crippen molar-refractivity contribution in [2.45, 2.75) is 25.0 Å². The molecule has 132 valence electrons. The van der Waals surface area contributed by atoms with Gasteiger partial charge in [0.2, 0.25) is 0 Å². The van der Waals surface area contributed by atoms with Gasteiger partial charge in [-0.15, -0.1) is 11.3 Å². The van der Waals surface area contributed by atoms with Gasteiger partial charge >= 0.3 is 12.0 Å². The SMILES string of the molecule is CCOC(=O)C1=C(CSc2nc3sccc3c(=O)[nH]2)NC(=O)N[C@@H]1C. The minimum atomic E-state index is -0.478. The van der Waals surface area contributed by atoms with Crippen molar-refractivity contribution in [2.24, 2.45) is 0 Å². The molecule has 0 radical (unpaired) electrons. The van der Waals surface area contributed by atoms with Gasteiger partial charge in [0.1, 0.15) is 4.83 Å². The first-order valence-electron chi connectivity index (χ1n) is 7.57. The molecule has 3 N–H and O–H groups in total. The molecule has 0 aliphatic carbocycles. The number of carbonyl (C=O) groups is 2. The molecule has 0 aromatic carbocycles. The molecule has 10 heteroatoms. The summed E-state index contributed by atoms with van der Waals surface area (Å²) in [5.74, 6) is -0.209. The van der Waals surface area contributed by atoms with E-state index in [1.165, 1.54) is 23.1 Å². The summed E-state index contributed by atoms with van der Waals surface area (Å²) < 4.78 is 5.07. The Morgan fingerprint density at radius 1 is 1.44 bits per heavy atom. The molecule has 2 aromatic heterocycles. The molecule has 0 saturated heterocycles. The van der Waals surface area contributed by atoms with Crippen molar-refractivity contribution >= 4 is 45.3 Å². The number of hydrogen-bond acceptors (Lipinski definition) is 7. The number of amides is 2. The first kappa shape index (κ1) is 17.5. The number of esters is 1. The summed E-state index contributed by atoms with van der Waals surface area (Å²) in [6.45, 7) is 3.68. The number of rotatable bonds is 5. The maximum Gasteiger partial charge on any atom is 0.337 e. The van der Waals surface area contributed by atoms with Gasteiger partial charge in [-0.3, -0.25) is 4.79 Å². The summed E-state index contributed by atoms with van der Waals surface area (Å²) in [6, 6.07) is 0.873. The molecule has 0 unspecified atom stereocenters. The van der Waals surface area contributed by atoms with Crippen LogP contribution < -0.4 is 16.2 Å². The molecule has 0 saturated carbocycles. The second-order valence-corrected chi connectivity index (χ2v) is 7.09. The first-order valence-corrected chi connectivity index (χ1v) is 9.44. The highest BCUT2D eigenvalue weighted by Gasteiger charge is 2.29. The van der Waals surface area contributed by atoms with Gasteiger partial charge in [-0.25, -0.2) is 14.6 Å². The fourth-order valence-corrected chi connectivity index (χ4v) is 4.10. The number of H-pyrrole nitrogens is 1. The van der Waals surface area contributed by atoms with Gasteiger partial charge in [0.25, 0.3) is 5.56 Å². The molecular formula is C15H16N4O4S2. The van der Waals surface area contributed by atoms with Crippen LogP contribution in [0.5, 0.6) is 0 Å². The van der Waals surface area contributed by atoms with Crippen molar-refractivity contribution < 1.29 is 14.3 Å². The lowest BCUT2D eigenvalue weighted by molar-refractivity contribution is -0.138. The molecular weight excluding hydrogens is 364 g/mol. The van der Waals surface area contributed by atoms with E-state index < -0.39 is 12.0 Å². The molecule has 25 heavy (non-hydrogen) atoms. The average Bonchev–Trinajstić information content (AvgIpc) is 3.01. The third kappa shape index (κ3) is 3.69. The van der Waals surface area contributed by atoms with Crippen LogP contribution in [0.4, 0.5) is 4.79 Å². The van der Waals surface area contributed by atoms with Gasteiger partial charge in [0, 0.05) is 11.4 Å². The summed E-state index contributed by atoms with van der Waals surface area (Å²) in [6.07, 6.45) is 0. The molecule has 1 aliphatic rings. The van der Waals surface area contributed by atoms with Crippen LogP contribution in [-0.2, 0) is 9.53 Å². The Morgan fingerprint density at radius 3 is 3.00 bits per heavy atom. The number of thiophene rings is 1. The van der Waals surface area contributed by atoms with Crippen molar-refractivity contribution in [1.29, 1.82) is 0 Å². The Balaban J connectivity index is 1.86. The number of hydrogen-bond donors (Lipinski definition) is 3. The van der Waals surface area contributed by atoms with Crippen LogP contribution in [0.25, 0.3) is 10.2 Å². The molecule has 2 amide bonds. The van der Waals surface area contributed by atoms with Crippen molar-refractivity contribution in [3.63, 3.8) is 0 Å².